The first-order valence-corrected chi connectivity index (χ1v) is 4.98. The third kappa shape index (κ3) is 4.64. The van der Waals surface area contributed by atoms with Crippen LogP contribution in [0, 0.1) is 0 Å². The molecule has 0 aromatic heterocycles. The third-order valence-corrected chi connectivity index (χ3v) is 2.18. The zero-order valence-electron chi connectivity index (χ0n) is 6.09. The Labute approximate surface area is 55.9 Å². The summed E-state index contributed by atoms with van der Waals surface area (Å²) in [5, 5.41) is 0. The van der Waals surface area contributed by atoms with Crippen molar-refractivity contribution in [3.8, 4) is 0 Å². The Kier molecular flexibility index (Phi) is 4.11. The van der Waals surface area contributed by atoms with Crippen LogP contribution in [0.2, 0.25) is 0 Å². The van der Waals surface area contributed by atoms with Gasteiger partial charge in [0.15, 0.2) is 0 Å². The molecule has 0 aromatic carbocycles. The molecule has 0 saturated carbocycles. The van der Waals surface area contributed by atoms with E-state index >= 15 is 0 Å². The summed E-state index contributed by atoms with van der Waals surface area (Å²) in [4.78, 5) is 0. The zero-order valence-corrected chi connectivity index (χ0v) is 6.98. The molecule has 0 aliphatic carbocycles. The molecule has 0 radical (unpaired) electrons. The van der Waals surface area contributed by atoms with Gasteiger partial charge in [0, 0.05) is 6.66 Å². The molecule has 9 heavy (non-hydrogen) atoms. The van der Waals surface area contributed by atoms with E-state index in [1.807, 2.05) is 0 Å². The van der Waals surface area contributed by atoms with Crippen molar-refractivity contribution in [3.63, 3.8) is 0 Å². The van der Waals surface area contributed by atoms with E-state index in [1.165, 1.54) is 6.66 Å². The molecule has 0 spiro atoms. The molecule has 0 bridgehead atoms. The van der Waals surface area contributed by atoms with Crippen molar-refractivity contribution >= 4 is 7.60 Å². The zero-order chi connectivity index (χ0) is 7.33. The van der Waals surface area contributed by atoms with E-state index in [0.29, 0.717) is 13.2 Å². The van der Waals surface area contributed by atoms with Crippen LogP contribution in [-0.2, 0) is 13.6 Å². The Balaban J connectivity index is 3.58. The molecular weight excluding hydrogens is 140 g/mol. The lowest BCUT2D eigenvalue weighted by Gasteiger charge is -2.10. The summed E-state index contributed by atoms with van der Waals surface area (Å²) in [7, 11) is -2.69. The predicted octanol–water partition coefficient (Wildman–Crippen LogP) is 1.88. The van der Waals surface area contributed by atoms with Crippen molar-refractivity contribution in [2.24, 2.45) is 0 Å². The van der Waals surface area contributed by atoms with E-state index < -0.39 is 7.60 Å². The van der Waals surface area contributed by atoms with Crippen LogP contribution in [0.1, 0.15) is 13.8 Å². The second-order valence-electron chi connectivity index (χ2n) is 1.61. The molecule has 0 saturated heterocycles. The quantitative estimate of drug-likeness (QED) is 0.457. The van der Waals surface area contributed by atoms with Crippen molar-refractivity contribution in [2.45, 2.75) is 13.8 Å². The highest BCUT2D eigenvalue weighted by Gasteiger charge is 2.13. The topological polar surface area (TPSA) is 35.5 Å². The van der Waals surface area contributed by atoms with Crippen LogP contribution in [-0.4, -0.2) is 19.9 Å². The van der Waals surface area contributed by atoms with Crippen LogP contribution in [0.3, 0.4) is 0 Å². The molecule has 0 N–H and O–H groups in total. The second kappa shape index (κ2) is 4.04. The molecule has 0 amide bonds. The Morgan fingerprint density at radius 1 is 1.22 bits per heavy atom. The monoisotopic (exact) mass is 153 g/mol. The smallest absolute Gasteiger partial charge is 0.309 e. The summed E-state index contributed by atoms with van der Waals surface area (Å²) in [6, 6.07) is 0. The molecule has 0 aliphatic rings. The van der Waals surface area contributed by atoms with E-state index in [4.69, 9.17) is 9.05 Å². The van der Waals surface area contributed by atoms with Gasteiger partial charge in [0.1, 0.15) is 0 Å². The average Bonchev–Trinajstić information content (AvgIpc) is 1.64. The Bertz CT molecular complexity index is 103. The van der Waals surface area contributed by atoms with Gasteiger partial charge in [-0.05, 0) is 13.8 Å². The molecule has 0 aromatic rings. The summed E-state index contributed by atoms with van der Waals surface area (Å²) in [5.74, 6) is 0. The van der Waals surface area contributed by atoms with Crippen LogP contribution in [0.15, 0.2) is 0 Å². The maximum absolute atomic E-state index is 11.0. The fourth-order valence-corrected chi connectivity index (χ4v) is 1.52. The lowest BCUT2D eigenvalue weighted by molar-refractivity contribution is 0.225. The molecule has 0 atom stereocenters. The van der Waals surface area contributed by atoms with Crippen molar-refractivity contribution in [1.82, 2.24) is 0 Å². The van der Waals surface area contributed by atoms with Gasteiger partial charge in [-0.25, -0.2) is 0 Å². The predicted molar refractivity (Wildman–Crippen MR) is 36.8 cm³/mol. The van der Waals surface area contributed by atoms with Crippen LogP contribution < -0.4 is 0 Å². The first-order chi connectivity index (χ1) is 4.12. The van der Waals surface area contributed by atoms with Gasteiger partial charge in [0.25, 0.3) is 0 Å². The summed E-state index contributed by atoms with van der Waals surface area (Å²) in [6.45, 7) is 5.92. The van der Waals surface area contributed by atoms with E-state index in [2.05, 4.69) is 0 Å². The van der Waals surface area contributed by atoms with E-state index in [-0.39, 0.29) is 0 Å². The number of hydrogen-bond acceptors (Lipinski definition) is 3. The summed E-state index contributed by atoms with van der Waals surface area (Å²) < 4.78 is 20.6. The minimum absolute atomic E-state index is 0.438. The SMILES string of the molecule is CCOP([13CH3])(=O)OCC. The summed E-state index contributed by atoms with van der Waals surface area (Å²) >= 11 is 0. The largest absolute Gasteiger partial charge is 0.327 e. The highest BCUT2D eigenvalue weighted by molar-refractivity contribution is 7.52. The van der Waals surface area contributed by atoms with Crippen LogP contribution in [0.5, 0.6) is 0 Å². The molecule has 0 aliphatic heterocycles. The number of rotatable bonds is 4. The maximum atomic E-state index is 11.0. The molecule has 4 heteroatoms. The van der Waals surface area contributed by atoms with Crippen molar-refractivity contribution < 1.29 is 13.6 Å². The van der Waals surface area contributed by atoms with Gasteiger partial charge in [-0.1, -0.05) is 0 Å². The normalized spacial score (nSPS) is 11.9. The lowest BCUT2D eigenvalue weighted by atomic mass is 10.9. The molecule has 0 rings (SSSR count). The fraction of sp³-hybridized carbons (Fsp3) is 1.00. The minimum Gasteiger partial charge on any atom is -0.309 e. The van der Waals surface area contributed by atoms with Crippen molar-refractivity contribution in [1.29, 1.82) is 0 Å². The van der Waals surface area contributed by atoms with Crippen LogP contribution >= 0.6 is 7.60 Å². The van der Waals surface area contributed by atoms with E-state index in [0.717, 1.165) is 0 Å². The fourth-order valence-electron chi connectivity index (χ4n) is 0.506. The third-order valence-electron chi connectivity index (χ3n) is 0.727. The minimum atomic E-state index is -2.69. The average molecular weight is 153 g/mol. The van der Waals surface area contributed by atoms with Gasteiger partial charge >= 0.3 is 7.60 Å². The van der Waals surface area contributed by atoms with Gasteiger partial charge in [0.2, 0.25) is 0 Å². The first kappa shape index (κ1) is 9.15. The highest BCUT2D eigenvalue weighted by Crippen LogP contribution is 2.43. The van der Waals surface area contributed by atoms with E-state index in [9.17, 15) is 4.57 Å². The van der Waals surface area contributed by atoms with E-state index in [1.54, 1.807) is 13.8 Å². The lowest BCUT2D eigenvalue weighted by Crippen LogP contribution is -1.92. The maximum Gasteiger partial charge on any atom is 0.327 e. The standard InChI is InChI=1S/C5H13O3P/c1-4-7-9(3,6)8-5-2/h4-5H2,1-3H3/i3+1. The molecule has 0 heterocycles. The first-order valence-electron chi connectivity index (χ1n) is 2.99. The highest BCUT2D eigenvalue weighted by atomic mass is 31.2. The summed E-state index contributed by atoms with van der Waals surface area (Å²) in [6.07, 6.45) is 0. The number of hydrogen-bond donors (Lipinski definition) is 0. The summed E-state index contributed by atoms with van der Waals surface area (Å²) in [5.41, 5.74) is 0. The Hall–Kier alpha value is 0.150. The van der Waals surface area contributed by atoms with Crippen molar-refractivity contribution in [2.75, 3.05) is 19.9 Å². The molecular formula is C5H13O3P. The Morgan fingerprint density at radius 2 is 1.56 bits per heavy atom. The van der Waals surface area contributed by atoms with Gasteiger partial charge in [0.05, 0.1) is 13.2 Å². The molecule has 0 fully saturated rings. The molecule has 56 valence electrons. The van der Waals surface area contributed by atoms with Gasteiger partial charge < -0.3 is 9.05 Å². The van der Waals surface area contributed by atoms with Gasteiger partial charge in [-0.2, -0.15) is 0 Å². The molecule has 3 nitrogen and oxygen atoms in total. The Morgan fingerprint density at radius 3 is 1.78 bits per heavy atom. The van der Waals surface area contributed by atoms with Crippen molar-refractivity contribution in [3.05, 3.63) is 0 Å². The van der Waals surface area contributed by atoms with Crippen LogP contribution in [0.25, 0.3) is 0 Å². The van der Waals surface area contributed by atoms with Crippen LogP contribution in [0.4, 0.5) is 0 Å². The van der Waals surface area contributed by atoms with Gasteiger partial charge in [-0.15, -0.1) is 0 Å². The second-order valence-corrected chi connectivity index (χ2v) is 3.67. The molecule has 0 unspecified atom stereocenters. The van der Waals surface area contributed by atoms with Gasteiger partial charge in [-0.3, -0.25) is 4.57 Å².